The second-order valence-electron chi connectivity index (χ2n) is 8.64. The van der Waals surface area contributed by atoms with Gasteiger partial charge in [-0.05, 0) is 41.7 Å². The van der Waals surface area contributed by atoms with Crippen LogP contribution in [0.5, 0.6) is 0 Å². The molecule has 0 spiro atoms. The lowest BCUT2D eigenvalue weighted by atomic mass is 9.98. The summed E-state index contributed by atoms with van der Waals surface area (Å²) in [7, 11) is 3.06. The number of esters is 1. The maximum Gasteiger partial charge on any atom is 0.407 e. The summed E-state index contributed by atoms with van der Waals surface area (Å²) in [6, 6.07) is 14.7. The van der Waals surface area contributed by atoms with Crippen LogP contribution in [0.25, 0.3) is 11.1 Å². The zero-order chi connectivity index (χ0) is 25.3. The Bertz CT molecular complexity index is 1260. The summed E-state index contributed by atoms with van der Waals surface area (Å²) in [5, 5.41) is 12.2. The number of hydrogen-bond acceptors (Lipinski definition) is 5. The normalized spacial score (nSPS) is 13.0. The van der Waals surface area contributed by atoms with Crippen molar-refractivity contribution in [2.75, 3.05) is 13.7 Å². The monoisotopic (exact) mass is 476 g/mol. The third kappa shape index (κ3) is 4.39. The third-order valence-corrected chi connectivity index (χ3v) is 6.84. The minimum Gasteiger partial charge on any atom is -0.480 e. The Labute approximate surface area is 203 Å². The van der Waals surface area contributed by atoms with E-state index in [2.05, 4.69) is 5.32 Å². The van der Waals surface area contributed by atoms with Gasteiger partial charge >= 0.3 is 18.0 Å². The SMILES string of the molecule is COC(=O)c1c(CC(NC(=O)OCC2c3ccccc3-c3ccccc32)C(=O)O)c(C)n(C)c1C. The first-order valence-corrected chi connectivity index (χ1v) is 11.3. The van der Waals surface area contributed by atoms with Gasteiger partial charge in [0.2, 0.25) is 0 Å². The molecule has 8 heteroatoms. The summed E-state index contributed by atoms with van der Waals surface area (Å²) in [5.74, 6) is -1.91. The van der Waals surface area contributed by atoms with E-state index in [4.69, 9.17) is 9.47 Å². The summed E-state index contributed by atoms with van der Waals surface area (Å²) in [4.78, 5) is 37.0. The Morgan fingerprint density at radius 3 is 2.11 bits per heavy atom. The number of aliphatic carboxylic acids is 1. The number of benzene rings is 2. The highest BCUT2D eigenvalue weighted by Crippen LogP contribution is 2.44. The number of amides is 1. The molecule has 4 rings (SSSR count). The Hall–Kier alpha value is -4.07. The van der Waals surface area contributed by atoms with Crippen LogP contribution < -0.4 is 5.32 Å². The lowest BCUT2D eigenvalue weighted by Gasteiger charge is -2.18. The topological polar surface area (TPSA) is 107 Å². The van der Waals surface area contributed by atoms with Gasteiger partial charge in [0.05, 0.1) is 12.7 Å². The first kappa shape index (κ1) is 24.1. The second-order valence-corrected chi connectivity index (χ2v) is 8.64. The summed E-state index contributed by atoms with van der Waals surface area (Å²) in [5.41, 5.74) is 6.55. The molecule has 0 aliphatic heterocycles. The van der Waals surface area contributed by atoms with Gasteiger partial charge in [-0.15, -0.1) is 0 Å². The number of rotatable bonds is 7. The molecule has 1 aromatic heterocycles. The largest absolute Gasteiger partial charge is 0.480 e. The van der Waals surface area contributed by atoms with Gasteiger partial charge in [-0.3, -0.25) is 0 Å². The molecule has 1 unspecified atom stereocenters. The molecule has 35 heavy (non-hydrogen) atoms. The van der Waals surface area contributed by atoms with Gasteiger partial charge in [-0.1, -0.05) is 48.5 Å². The molecule has 0 saturated heterocycles. The van der Waals surface area contributed by atoms with Crippen molar-refractivity contribution in [3.8, 4) is 11.1 Å². The number of nitrogens with one attached hydrogen (secondary N) is 1. The molecule has 1 atom stereocenters. The molecule has 3 aromatic rings. The van der Waals surface area contributed by atoms with Crippen LogP contribution in [0.4, 0.5) is 4.79 Å². The van der Waals surface area contributed by atoms with Crippen molar-refractivity contribution in [2.45, 2.75) is 32.2 Å². The highest BCUT2D eigenvalue weighted by molar-refractivity contribution is 5.93. The van der Waals surface area contributed by atoms with Crippen LogP contribution in [0.15, 0.2) is 48.5 Å². The number of alkyl carbamates (subject to hydrolysis) is 1. The van der Waals surface area contributed by atoms with Gasteiger partial charge in [0.15, 0.2) is 0 Å². The minimum absolute atomic E-state index is 0.0725. The van der Waals surface area contributed by atoms with Crippen molar-refractivity contribution in [1.82, 2.24) is 9.88 Å². The molecule has 182 valence electrons. The number of carboxylic acids is 1. The van der Waals surface area contributed by atoms with Gasteiger partial charge in [-0.25, -0.2) is 14.4 Å². The second kappa shape index (κ2) is 9.66. The molecule has 1 heterocycles. The van der Waals surface area contributed by atoms with Gasteiger partial charge in [0.1, 0.15) is 12.6 Å². The fourth-order valence-corrected chi connectivity index (χ4v) is 4.83. The van der Waals surface area contributed by atoms with E-state index in [0.717, 1.165) is 27.9 Å². The Morgan fingerprint density at radius 2 is 1.57 bits per heavy atom. The first-order chi connectivity index (χ1) is 16.7. The highest BCUT2D eigenvalue weighted by Gasteiger charge is 2.31. The molecular formula is C27H28N2O6. The van der Waals surface area contributed by atoms with Crippen molar-refractivity contribution in [2.24, 2.45) is 7.05 Å². The number of aromatic nitrogens is 1. The summed E-state index contributed by atoms with van der Waals surface area (Å²) in [6.45, 7) is 3.63. The quantitative estimate of drug-likeness (QED) is 0.500. The van der Waals surface area contributed by atoms with Crippen LogP contribution in [0.2, 0.25) is 0 Å². The molecule has 1 aliphatic rings. The van der Waals surface area contributed by atoms with E-state index in [1.165, 1.54) is 7.11 Å². The van der Waals surface area contributed by atoms with E-state index in [1.807, 2.05) is 48.5 Å². The number of hydrogen-bond donors (Lipinski definition) is 2. The summed E-state index contributed by atoms with van der Waals surface area (Å²) in [6.07, 6.45) is -0.915. The molecule has 0 saturated carbocycles. The smallest absolute Gasteiger partial charge is 0.407 e. The lowest BCUT2D eigenvalue weighted by molar-refractivity contribution is -0.139. The molecule has 1 amide bonds. The van der Waals surface area contributed by atoms with Crippen LogP contribution in [0, 0.1) is 13.8 Å². The molecule has 0 radical (unpaired) electrons. The van der Waals surface area contributed by atoms with Crippen molar-refractivity contribution >= 4 is 18.0 Å². The average molecular weight is 477 g/mol. The Balaban J connectivity index is 1.50. The fraction of sp³-hybridized carbons (Fsp3) is 0.296. The fourth-order valence-electron chi connectivity index (χ4n) is 4.83. The van der Waals surface area contributed by atoms with E-state index in [-0.39, 0.29) is 18.9 Å². The zero-order valence-electron chi connectivity index (χ0n) is 20.1. The Kier molecular flexibility index (Phi) is 6.64. The Morgan fingerprint density at radius 1 is 1.00 bits per heavy atom. The van der Waals surface area contributed by atoms with Crippen LogP contribution in [-0.2, 0) is 27.7 Å². The molecule has 2 aromatic carbocycles. The maximum absolute atomic E-state index is 12.7. The van der Waals surface area contributed by atoms with Gasteiger partial charge < -0.3 is 24.5 Å². The van der Waals surface area contributed by atoms with E-state index < -0.39 is 24.1 Å². The number of fused-ring (bicyclic) bond motifs is 3. The zero-order valence-corrected chi connectivity index (χ0v) is 20.1. The van der Waals surface area contributed by atoms with Crippen molar-refractivity contribution in [3.05, 3.63) is 82.2 Å². The average Bonchev–Trinajstić information content (AvgIpc) is 3.28. The van der Waals surface area contributed by atoms with E-state index in [9.17, 15) is 19.5 Å². The standard InChI is InChI=1S/C27H28N2O6/c1-15-21(24(26(32)34-4)16(2)29(15)3)13-23(25(30)31)28-27(33)35-14-22-19-11-7-5-9-17(19)18-10-6-8-12-20(18)22/h5-12,22-23H,13-14H2,1-4H3,(H,28,33)(H,30,31). The number of nitrogens with zero attached hydrogens (tertiary/aromatic N) is 1. The highest BCUT2D eigenvalue weighted by atomic mass is 16.5. The predicted octanol–water partition coefficient (Wildman–Crippen LogP) is 3.96. The number of methoxy groups -OCH3 is 1. The maximum atomic E-state index is 12.7. The van der Waals surface area contributed by atoms with Gasteiger partial charge in [0, 0.05) is 30.8 Å². The molecule has 0 fully saturated rings. The van der Waals surface area contributed by atoms with Gasteiger partial charge in [0.25, 0.3) is 0 Å². The van der Waals surface area contributed by atoms with Crippen LogP contribution in [-0.4, -0.2) is 47.5 Å². The van der Waals surface area contributed by atoms with E-state index >= 15 is 0 Å². The molecule has 1 aliphatic carbocycles. The minimum atomic E-state index is -1.28. The molecular weight excluding hydrogens is 448 g/mol. The van der Waals surface area contributed by atoms with Crippen molar-refractivity contribution in [1.29, 1.82) is 0 Å². The predicted molar refractivity (Wildman–Crippen MR) is 130 cm³/mol. The number of carbonyl (C=O) groups is 3. The van der Waals surface area contributed by atoms with Crippen LogP contribution in [0.3, 0.4) is 0 Å². The summed E-state index contributed by atoms with van der Waals surface area (Å²) >= 11 is 0. The molecule has 2 N–H and O–H groups in total. The summed E-state index contributed by atoms with van der Waals surface area (Å²) < 4.78 is 12.2. The van der Waals surface area contributed by atoms with Crippen molar-refractivity contribution in [3.63, 3.8) is 0 Å². The number of carboxylic acid groups (broad SMARTS) is 1. The number of ether oxygens (including phenoxy) is 2. The first-order valence-electron chi connectivity index (χ1n) is 11.3. The van der Waals surface area contributed by atoms with Crippen LogP contribution in [0.1, 0.15) is 44.4 Å². The van der Waals surface area contributed by atoms with E-state index in [1.54, 1.807) is 25.5 Å². The van der Waals surface area contributed by atoms with Crippen LogP contribution >= 0.6 is 0 Å². The van der Waals surface area contributed by atoms with E-state index in [0.29, 0.717) is 16.8 Å². The third-order valence-electron chi connectivity index (χ3n) is 6.84. The molecule has 0 bridgehead atoms. The number of carbonyl (C=O) groups excluding carboxylic acids is 2. The van der Waals surface area contributed by atoms with Gasteiger partial charge in [-0.2, -0.15) is 0 Å². The lowest BCUT2D eigenvalue weighted by Crippen LogP contribution is -2.43. The molecule has 8 nitrogen and oxygen atoms in total. The van der Waals surface area contributed by atoms with Crippen molar-refractivity contribution < 1.29 is 29.0 Å².